The number of aryl methyl sites for hydroxylation is 1. The van der Waals surface area contributed by atoms with E-state index in [0.717, 1.165) is 5.69 Å². The Labute approximate surface area is 121 Å². The molecule has 0 fully saturated rings. The maximum Gasteiger partial charge on any atom is 0.267 e. The average Bonchev–Trinajstić information content (AvgIpc) is 2.54. The number of benzene rings is 2. The molecular formula is C17H13N3O. The predicted octanol–water partition coefficient (Wildman–Crippen LogP) is 2.82. The van der Waals surface area contributed by atoms with Crippen LogP contribution in [0.2, 0.25) is 0 Å². The summed E-state index contributed by atoms with van der Waals surface area (Å²) in [5, 5.41) is 9.60. The number of nitriles is 1. The lowest BCUT2D eigenvalue weighted by molar-refractivity contribution is 0.833. The maximum absolute atomic E-state index is 12.9. The molecule has 102 valence electrons. The Morgan fingerprint density at radius 3 is 2.57 bits per heavy atom. The third kappa shape index (κ3) is 2.09. The molecule has 0 aliphatic carbocycles. The topological polar surface area (TPSA) is 58.7 Å². The minimum atomic E-state index is -0.194. The largest absolute Gasteiger partial charge is 0.268 e. The summed E-state index contributed by atoms with van der Waals surface area (Å²) in [6.07, 6.45) is 0.636. The summed E-state index contributed by atoms with van der Waals surface area (Å²) in [6, 6.07) is 16.6. The summed E-state index contributed by atoms with van der Waals surface area (Å²) >= 11 is 0. The zero-order chi connectivity index (χ0) is 14.8. The fraction of sp³-hybridized carbons (Fsp3) is 0.118. The number of nitrogens with zero attached hydrogens (tertiary/aromatic N) is 3. The smallest absolute Gasteiger partial charge is 0.267 e. The molecule has 0 N–H and O–H groups in total. The molecule has 3 rings (SSSR count). The van der Waals surface area contributed by atoms with Crippen LogP contribution in [-0.4, -0.2) is 9.55 Å². The van der Waals surface area contributed by atoms with Crippen LogP contribution in [0, 0.1) is 11.3 Å². The van der Waals surface area contributed by atoms with E-state index in [2.05, 4.69) is 11.1 Å². The number of rotatable bonds is 2. The number of hydrogen-bond donors (Lipinski definition) is 0. The molecular weight excluding hydrogens is 262 g/mol. The summed E-state index contributed by atoms with van der Waals surface area (Å²) in [4.78, 5) is 17.4. The number of fused-ring (bicyclic) bond motifs is 1. The second-order valence-electron chi connectivity index (χ2n) is 4.67. The first-order valence-corrected chi connectivity index (χ1v) is 6.76. The van der Waals surface area contributed by atoms with E-state index in [1.54, 1.807) is 22.8 Å². The van der Waals surface area contributed by atoms with E-state index in [9.17, 15) is 10.1 Å². The third-order valence-corrected chi connectivity index (χ3v) is 3.42. The van der Waals surface area contributed by atoms with Crippen LogP contribution in [0.15, 0.2) is 53.3 Å². The molecule has 4 nitrogen and oxygen atoms in total. The molecule has 1 aromatic heterocycles. The first kappa shape index (κ1) is 13.1. The lowest BCUT2D eigenvalue weighted by Crippen LogP contribution is -2.24. The van der Waals surface area contributed by atoms with Crippen molar-refractivity contribution in [3.8, 4) is 11.8 Å². The van der Waals surface area contributed by atoms with Crippen molar-refractivity contribution >= 4 is 10.9 Å². The van der Waals surface area contributed by atoms with Crippen molar-refractivity contribution in [3.05, 3.63) is 70.3 Å². The molecule has 1 heterocycles. The monoisotopic (exact) mass is 275 g/mol. The predicted molar refractivity (Wildman–Crippen MR) is 81.4 cm³/mol. The molecule has 0 amide bonds. The lowest BCUT2D eigenvalue weighted by atomic mass is 10.1. The van der Waals surface area contributed by atoms with Gasteiger partial charge in [-0.15, -0.1) is 0 Å². The SMILES string of the molecule is CCc1nc2cccc(C#N)c2c(=O)n1-c1ccccc1. The maximum atomic E-state index is 12.9. The van der Waals surface area contributed by atoms with Crippen molar-refractivity contribution < 1.29 is 0 Å². The van der Waals surface area contributed by atoms with E-state index in [-0.39, 0.29) is 5.56 Å². The Bertz CT molecular complexity index is 905. The van der Waals surface area contributed by atoms with Crippen molar-refractivity contribution in [1.29, 1.82) is 5.26 Å². The quantitative estimate of drug-likeness (QED) is 0.722. The minimum Gasteiger partial charge on any atom is -0.268 e. The van der Waals surface area contributed by atoms with Gasteiger partial charge in [-0.25, -0.2) is 4.98 Å². The van der Waals surface area contributed by atoms with Gasteiger partial charge in [0.1, 0.15) is 11.9 Å². The van der Waals surface area contributed by atoms with Crippen LogP contribution >= 0.6 is 0 Å². The van der Waals surface area contributed by atoms with E-state index in [4.69, 9.17) is 0 Å². The van der Waals surface area contributed by atoms with Gasteiger partial charge in [-0.2, -0.15) is 5.26 Å². The molecule has 4 heteroatoms. The molecule has 0 spiro atoms. The van der Waals surface area contributed by atoms with E-state index in [0.29, 0.717) is 28.7 Å². The molecule has 0 atom stereocenters. The van der Waals surface area contributed by atoms with E-state index in [1.165, 1.54) is 0 Å². The Morgan fingerprint density at radius 2 is 1.90 bits per heavy atom. The first-order valence-electron chi connectivity index (χ1n) is 6.76. The van der Waals surface area contributed by atoms with Gasteiger partial charge in [0.05, 0.1) is 22.2 Å². The molecule has 3 aromatic rings. The molecule has 0 unspecified atom stereocenters. The molecule has 0 aliphatic rings. The van der Waals surface area contributed by atoms with Crippen molar-refractivity contribution in [2.45, 2.75) is 13.3 Å². The second-order valence-corrected chi connectivity index (χ2v) is 4.67. The summed E-state index contributed by atoms with van der Waals surface area (Å²) in [5.41, 5.74) is 1.50. The minimum absolute atomic E-state index is 0.194. The van der Waals surface area contributed by atoms with Crippen LogP contribution in [0.1, 0.15) is 18.3 Å². The summed E-state index contributed by atoms with van der Waals surface area (Å²) in [7, 11) is 0. The fourth-order valence-electron chi connectivity index (χ4n) is 2.45. The number of hydrogen-bond acceptors (Lipinski definition) is 3. The summed E-state index contributed by atoms with van der Waals surface area (Å²) in [5.74, 6) is 0.689. The Kier molecular flexibility index (Phi) is 3.25. The summed E-state index contributed by atoms with van der Waals surface area (Å²) in [6.45, 7) is 1.96. The molecule has 0 bridgehead atoms. The Balaban J connectivity index is 2.47. The number of para-hydroxylation sites is 1. The molecule has 0 aliphatic heterocycles. The van der Waals surface area contributed by atoms with Gasteiger partial charge in [-0.1, -0.05) is 31.2 Å². The highest BCUT2D eigenvalue weighted by Crippen LogP contribution is 2.16. The van der Waals surface area contributed by atoms with Crippen LogP contribution in [0.25, 0.3) is 16.6 Å². The van der Waals surface area contributed by atoms with Gasteiger partial charge < -0.3 is 0 Å². The second kappa shape index (κ2) is 5.22. The van der Waals surface area contributed by atoms with Gasteiger partial charge in [0.15, 0.2) is 0 Å². The van der Waals surface area contributed by atoms with Gasteiger partial charge in [0, 0.05) is 6.42 Å². The third-order valence-electron chi connectivity index (χ3n) is 3.42. The summed E-state index contributed by atoms with van der Waals surface area (Å²) < 4.78 is 1.59. The van der Waals surface area contributed by atoms with E-state index < -0.39 is 0 Å². The zero-order valence-electron chi connectivity index (χ0n) is 11.6. The van der Waals surface area contributed by atoms with Crippen molar-refractivity contribution in [1.82, 2.24) is 9.55 Å². The van der Waals surface area contributed by atoms with Crippen LogP contribution in [-0.2, 0) is 6.42 Å². The van der Waals surface area contributed by atoms with E-state index >= 15 is 0 Å². The van der Waals surface area contributed by atoms with Crippen molar-refractivity contribution in [3.63, 3.8) is 0 Å². The standard InChI is InChI=1S/C17H13N3O/c1-2-15-19-14-10-6-7-12(11-18)16(14)17(21)20(15)13-8-4-3-5-9-13/h3-10H,2H2,1H3. The van der Waals surface area contributed by atoms with Gasteiger partial charge in [0.2, 0.25) is 0 Å². The average molecular weight is 275 g/mol. The normalized spacial score (nSPS) is 10.5. The fourth-order valence-corrected chi connectivity index (χ4v) is 2.45. The molecule has 2 aromatic carbocycles. The first-order chi connectivity index (χ1) is 10.3. The molecule has 0 radical (unpaired) electrons. The van der Waals surface area contributed by atoms with E-state index in [1.807, 2.05) is 37.3 Å². The van der Waals surface area contributed by atoms with Gasteiger partial charge in [-0.05, 0) is 24.3 Å². The Hall–Kier alpha value is -2.93. The zero-order valence-corrected chi connectivity index (χ0v) is 11.6. The molecule has 0 saturated carbocycles. The van der Waals surface area contributed by atoms with Gasteiger partial charge in [-0.3, -0.25) is 9.36 Å². The highest BCUT2D eigenvalue weighted by Gasteiger charge is 2.13. The molecule has 0 saturated heterocycles. The van der Waals surface area contributed by atoms with Crippen molar-refractivity contribution in [2.24, 2.45) is 0 Å². The highest BCUT2D eigenvalue weighted by molar-refractivity contribution is 5.84. The van der Waals surface area contributed by atoms with Crippen molar-refractivity contribution in [2.75, 3.05) is 0 Å². The van der Waals surface area contributed by atoms with Gasteiger partial charge in [0.25, 0.3) is 5.56 Å². The Morgan fingerprint density at radius 1 is 1.14 bits per heavy atom. The van der Waals surface area contributed by atoms with Crippen LogP contribution in [0.5, 0.6) is 0 Å². The highest BCUT2D eigenvalue weighted by atomic mass is 16.1. The van der Waals surface area contributed by atoms with Crippen LogP contribution in [0.4, 0.5) is 0 Å². The lowest BCUT2D eigenvalue weighted by Gasteiger charge is -2.12. The van der Waals surface area contributed by atoms with Crippen LogP contribution in [0.3, 0.4) is 0 Å². The number of aromatic nitrogens is 2. The molecule has 21 heavy (non-hydrogen) atoms. The van der Waals surface area contributed by atoms with Crippen LogP contribution < -0.4 is 5.56 Å². The van der Waals surface area contributed by atoms with Gasteiger partial charge >= 0.3 is 0 Å².